The largest absolute Gasteiger partial charge is 0.478 e. The summed E-state index contributed by atoms with van der Waals surface area (Å²) in [5.41, 5.74) is 0.955. The second kappa shape index (κ2) is 3.31. The van der Waals surface area contributed by atoms with Crippen LogP contribution in [0.3, 0.4) is 0 Å². The first-order valence-electron chi connectivity index (χ1n) is 3.99. The number of benzene rings is 1. The number of hydrogen-bond donors (Lipinski definition) is 2. The maximum absolute atomic E-state index is 10.7. The zero-order valence-electron chi connectivity index (χ0n) is 7.14. The second-order valence-corrected chi connectivity index (χ2v) is 3.36. The summed E-state index contributed by atoms with van der Waals surface area (Å²) in [6.45, 7) is 0. The van der Waals surface area contributed by atoms with Crippen LogP contribution in [0.5, 0.6) is 0 Å². The van der Waals surface area contributed by atoms with Gasteiger partial charge in [0.05, 0.1) is 11.1 Å². The molecule has 0 saturated heterocycles. The molecule has 0 atom stereocenters. The summed E-state index contributed by atoms with van der Waals surface area (Å²) in [6, 6.07) is 6.67. The fourth-order valence-corrected chi connectivity index (χ4v) is 1.62. The van der Waals surface area contributed by atoms with Crippen molar-refractivity contribution in [1.82, 2.24) is 4.98 Å². The monoisotopic (exact) mass is 205 g/mol. The van der Waals surface area contributed by atoms with E-state index in [9.17, 15) is 4.79 Å². The van der Waals surface area contributed by atoms with Gasteiger partial charge in [0.1, 0.15) is 0 Å². The number of carbonyl (C=O) groups is 1. The van der Waals surface area contributed by atoms with Crippen LogP contribution in [0.25, 0.3) is 10.9 Å². The first-order chi connectivity index (χ1) is 6.68. The third kappa shape index (κ3) is 1.44. The van der Waals surface area contributed by atoms with Crippen LogP contribution in [-0.2, 0) is 0 Å². The summed E-state index contributed by atoms with van der Waals surface area (Å²) in [7, 11) is 0. The predicted octanol–water partition coefficient (Wildman–Crippen LogP) is 2.22. The Bertz CT molecular complexity index is 510. The Kier molecular flexibility index (Phi) is 2.13. The van der Waals surface area contributed by atoms with Gasteiger partial charge < -0.3 is 5.11 Å². The molecule has 70 valence electrons. The smallest absolute Gasteiger partial charge is 0.335 e. The lowest BCUT2D eigenvalue weighted by Crippen LogP contribution is -1.96. The van der Waals surface area contributed by atoms with Gasteiger partial charge in [-0.25, -0.2) is 4.79 Å². The van der Waals surface area contributed by atoms with Gasteiger partial charge in [-0.05, 0) is 18.2 Å². The maximum atomic E-state index is 10.7. The van der Waals surface area contributed by atoms with Crippen molar-refractivity contribution in [3.8, 4) is 0 Å². The molecule has 14 heavy (non-hydrogen) atoms. The number of carboxylic acids is 1. The number of aromatic carboxylic acids is 1. The highest BCUT2D eigenvalue weighted by atomic mass is 32.1. The molecule has 1 aromatic heterocycles. The van der Waals surface area contributed by atoms with Gasteiger partial charge in [-0.3, -0.25) is 4.98 Å². The van der Waals surface area contributed by atoms with E-state index in [4.69, 9.17) is 5.11 Å². The quantitative estimate of drug-likeness (QED) is 0.702. The van der Waals surface area contributed by atoms with E-state index in [0.29, 0.717) is 4.90 Å². The van der Waals surface area contributed by atoms with Gasteiger partial charge >= 0.3 is 5.97 Å². The van der Waals surface area contributed by atoms with Gasteiger partial charge in [0, 0.05) is 16.5 Å². The van der Waals surface area contributed by atoms with E-state index in [1.165, 1.54) is 6.07 Å². The molecule has 0 spiro atoms. The van der Waals surface area contributed by atoms with Crippen molar-refractivity contribution in [3.63, 3.8) is 0 Å². The van der Waals surface area contributed by atoms with Crippen molar-refractivity contribution in [1.29, 1.82) is 0 Å². The molecule has 1 heterocycles. The molecule has 2 rings (SSSR count). The third-order valence-electron chi connectivity index (χ3n) is 1.93. The molecule has 0 fully saturated rings. The van der Waals surface area contributed by atoms with Gasteiger partial charge in [-0.2, -0.15) is 0 Å². The standard InChI is InChI=1S/C10H7NO2S/c12-10(13)7-4-6-2-1-3-11-9(6)8(14)5-7/h1-5,14H,(H,12,13). The van der Waals surface area contributed by atoms with E-state index < -0.39 is 5.97 Å². The first-order valence-corrected chi connectivity index (χ1v) is 4.44. The Hall–Kier alpha value is -1.55. The number of fused-ring (bicyclic) bond motifs is 1. The fraction of sp³-hybridized carbons (Fsp3) is 0. The van der Waals surface area contributed by atoms with Crippen LogP contribution in [0.2, 0.25) is 0 Å². The summed E-state index contributed by atoms with van der Waals surface area (Å²) in [5.74, 6) is -0.953. The van der Waals surface area contributed by atoms with Crippen molar-refractivity contribution in [3.05, 3.63) is 36.0 Å². The highest BCUT2D eigenvalue weighted by Crippen LogP contribution is 2.21. The SMILES string of the molecule is O=C(O)c1cc(S)c2ncccc2c1. The molecule has 1 aromatic carbocycles. The molecule has 0 bridgehead atoms. The van der Waals surface area contributed by atoms with Crippen LogP contribution < -0.4 is 0 Å². The molecule has 1 N–H and O–H groups in total. The zero-order chi connectivity index (χ0) is 10.1. The van der Waals surface area contributed by atoms with E-state index in [-0.39, 0.29) is 5.56 Å². The molecule has 3 nitrogen and oxygen atoms in total. The maximum Gasteiger partial charge on any atom is 0.335 e. The molecule has 0 aliphatic rings. The number of aromatic nitrogens is 1. The molecular weight excluding hydrogens is 198 g/mol. The van der Waals surface area contributed by atoms with Gasteiger partial charge in [0.15, 0.2) is 0 Å². The summed E-state index contributed by atoms with van der Waals surface area (Å²) < 4.78 is 0. The highest BCUT2D eigenvalue weighted by molar-refractivity contribution is 7.80. The summed E-state index contributed by atoms with van der Waals surface area (Å²) in [4.78, 5) is 15.4. The molecule has 4 heteroatoms. The minimum absolute atomic E-state index is 0.232. The van der Waals surface area contributed by atoms with E-state index in [0.717, 1.165) is 10.9 Å². The summed E-state index contributed by atoms with van der Waals surface area (Å²) in [5, 5.41) is 9.60. The van der Waals surface area contributed by atoms with Crippen molar-refractivity contribution in [2.75, 3.05) is 0 Å². The van der Waals surface area contributed by atoms with Gasteiger partial charge in [-0.15, -0.1) is 12.6 Å². The van der Waals surface area contributed by atoms with Crippen LogP contribution in [0.15, 0.2) is 35.4 Å². The normalized spacial score (nSPS) is 10.4. The van der Waals surface area contributed by atoms with Crippen molar-refractivity contribution < 1.29 is 9.90 Å². The van der Waals surface area contributed by atoms with E-state index >= 15 is 0 Å². The van der Waals surface area contributed by atoms with Crippen LogP contribution in [-0.4, -0.2) is 16.1 Å². The van der Waals surface area contributed by atoms with Crippen LogP contribution in [0.4, 0.5) is 0 Å². The minimum Gasteiger partial charge on any atom is -0.478 e. The van der Waals surface area contributed by atoms with Gasteiger partial charge in [0.25, 0.3) is 0 Å². The molecule has 0 saturated carbocycles. The fourth-order valence-electron chi connectivity index (χ4n) is 1.30. The first kappa shape index (κ1) is 9.02. The minimum atomic E-state index is -0.953. The number of thiol groups is 1. The molecular formula is C10H7NO2S. The lowest BCUT2D eigenvalue weighted by atomic mass is 10.1. The molecule has 0 aliphatic heterocycles. The van der Waals surface area contributed by atoms with E-state index in [1.54, 1.807) is 18.3 Å². The average Bonchev–Trinajstić information content (AvgIpc) is 2.17. The molecule has 0 unspecified atom stereocenters. The number of carboxylic acid groups (broad SMARTS) is 1. The lowest BCUT2D eigenvalue weighted by molar-refractivity contribution is 0.0697. The van der Waals surface area contributed by atoms with Crippen molar-refractivity contribution in [2.45, 2.75) is 4.90 Å². The Morgan fingerprint density at radius 3 is 2.93 bits per heavy atom. The number of hydrogen-bond acceptors (Lipinski definition) is 3. The zero-order valence-corrected chi connectivity index (χ0v) is 8.03. The second-order valence-electron chi connectivity index (χ2n) is 2.88. The van der Waals surface area contributed by atoms with E-state index in [2.05, 4.69) is 17.6 Å². The van der Waals surface area contributed by atoms with Gasteiger partial charge in [0.2, 0.25) is 0 Å². The lowest BCUT2D eigenvalue weighted by Gasteiger charge is -2.01. The van der Waals surface area contributed by atoms with Crippen LogP contribution >= 0.6 is 12.6 Å². The van der Waals surface area contributed by atoms with Crippen LogP contribution in [0, 0.1) is 0 Å². The Morgan fingerprint density at radius 2 is 2.21 bits per heavy atom. The highest BCUT2D eigenvalue weighted by Gasteiger charge is 2.06. The number of pyridine rings is 1. The average molecular weight is 205 g/mol. The number of rotatable bonds is 1. The van der Waals surface area contributed by atoms with E-state index in [1.807, 2.05) is 6.07 Å². The Morgan fingerprint density at radius 1 is 1.43 bits per heavy atom. The molecule has 0 radical (unpaired) electrons. The molecule has 0 aliphatic carbocycles. The Labute approximate surface area is 85.8 Å². The van der Waals surface area contributed by atoms with Crippen molar-refractivity contribution >= 4 is 29.5 Å². The van der Waals surface area contributed by atoms with Crippen LogP contribution in [0.1, 0.15) is 10.4 Å². The topological polar surface area (TPSA) is 50.2 Å². The third-order valence-corrected chi connectivity index (χ3v) is 2.27. The van der Waals surface area contributed by atoms with Gasteiger partial charge in [-0.1, -0.05) is 6.07 Å². The van der Waals surface area contributed by atoms with Crippen molar-refractivity contribution in [2.24, 2.45) is 0 Å². The number of nitrogens with zero attached hydrogens (tertiary/aromatic N) is 1. The Balaban J connectivity index is 2.78. The molecule has 2 aromatic rings. The predicted molar refractivity (Wildman–Crippen MR) is 56.0 cm³/mol. The summed E-state index contributed by atoms with van der Waals surface area (Å²) >= 11 is 4.19. The summed E-state index contributed by atoms with van der Waals surface area (Å²) in [6.07, 6.45) is 1.66. The molecule has 0 amide bonds.